The van der Waals surface area contributed by atoms with E-state index in [1.54, 1.807) is 36.4 Å². The van der Waals surface area contributed by atoms with E-state index < -0.39 is 23.6 Å². The zero-order valence-electron chi connectivity index (χ0n) is 16.4. The molecule has 4 rings (SSSR count). The molecule has 0 unspecified atom stereocenters. The first-order valence-electron chi connectivity index (χ1n) is 9.76. The highest BCUT2D eigenvalue weighted by atomic mass is 35.5. The maximum Gasteiger partial charge on any atom is 0.294 e. The molecule has 0 saturated carbocycles. The predicted molar refractivity (Wildman–Crippen MR) is 121 cm³/mol. The fourth-order valence-electron chi connectivity index (χ4n) is 3.53. The largest absolute Gasteiger partial charge is 0.369 e. The van der Waals surface area contributed by atoms with Gasteiger partial charge in [-0.15, -0.1) is 0 Å². The summed E-state index contributed by atoms with van der Waals surface area (Å²) in [4.78, 5) is 40.2. The number of halogens is 2. The molecule has 2 aliphatic rings. The molecule has 0 bridgehead atoms. The quantitative estimate of drug-likeness (QED) is 0.653. The average Bonchev–Trinajstić information content (AvgIpc) is 3.33. The summed E-state index contributed by atoms with van der Waals surface area (Å²) in [5, 5.41) is 2.51. The molecule has 31 heavy (non-hydrogen) atoms. The van der Waals surface area contributed by atoms with Gasteiger partial charge in [-0.25, -0.2) is 4.39 Å². The van der Waals surface area contributed by atoms with Crippen molar-refractivity contribution in [3.8, 4) is 0 Å². The fourth-order valence-corrected chi connectivity index (χ4v) is 4.55. The third-order valence-electron chi connectivity index (χ3n) is 5.00. The number of hydrogen-bond acceptors (Lipinski definition) is 5. The van der Waals surface area contributed by atoms with Crippen LogP contribution in [-0.4, -0.2) is 41.6 Å². The standard InChI is InChI=1S/C22H19ClFN3O3S/c23-15-4-3-5-16(12-15)25-20(28)13-27-21(29)19(31-22(27)30)11-14-6-7-18(17(24)10-14)26-8-1-2-9-26/h3-7,10-12H,1-2,8-9,13H2,(H,25,28)/b19-11-. The summed E-state index contributed by atoms with van der Waals surface area (Å²) in [6, 6.07) is 11.3. The van der Waals surface area contributed by atoms with Crippen molar-refractivity contribution in [1.82, 2.24) is 4.90 Å². The van der Waals surface area contributed by atoms with Gasteiger partial charge in [0.15, 0.2) is 0 Å². The molecular formula is C22H19ClFN3O3S. The summed E-state index contributed by atoms with van der Waals surface area (Å²) in [7, 11) is 0. The minimum absolute atomic E-state index is 0.147. The Labute approximate surface area is 188 Å². The molecular weight excluding hydrogens is 441 g/mol. The van der Waals surface area contributed by atoms with Crippen LogP contribution in [0.5, 0.6) is 0 Å². The third-order valence-corrected chi connectivity index (χ3v) is 6.14. The smallest absolute Gasteiger partial charge is 0.294 e. The molecule has 6 nitrogen and oxygen atoms in total. The van der Waals surface area contributed by atoms with Crippen molar-refractivity contribution in [3.05, 3.63) is 63.8 Å². The first-order chi connectivity index (χ1) is 14.9. The van der Waals surface area contributed by atoms with Gasteiger partial charge in [0.1, 0.15) is 12.4 Å². The molecule has 0 aromatic heterocycles. The van der Waals surface area contributed by atoms with Crippen LogP contribution in [0.15, 0.2) is 47.4 Å². The first kappa shape index (κ1) is 21.4. The van der Waals surface area contributed by atoms with E-state index in [4.69, 9.17) is 11.6 Å². The number of hydrogen-bond donors (Lipinski definition) is 1. The van der Waals surface area contributed by atoms with Crippen molar-refractivity contribution in [2.75, 3.05) is 29.9 Å². The van der Waals surface area contributed by atoms with Crippen LogP contribution in [0.25, 0.3) is 6.08 Å². The van der Waals surface area contributed by atoms with Crippen LogP contribution in [0, 0.1) is 5.82 Å². The summed E-state index contributed by atoms with van der Waals surface area (Å²) in [5.41, 5.74) is 1.49. The van der Waals surface area contributed by atoms with Crippen molar-refractivity contribution in [2.45, 2.75) is 12.8 Å². The molecule has 3 amide bonds. The van der Waals surface area contributed by atoms with Gasteiger partial charge in [0.25, 0.3) is 11.1 Å². The number of imide groups is 1. The summed E-state index contributed by atoms with van der Waals surface area (Å²) >= 11 is 6.62. The molecule has 9 heteroatoms. The van der Waals surface area contributed by atoms with Gasteiger partial charge in [0, 0.05) is 23.8 Å². The molecule has 2 fully saturated rings. The highest BCUT2D eigenvalue weighted by Gasteiger charge is 2.36. The molecule has 1 N–H and O–H groups in total. The number of rotatable bonds is 5. The second kappa shape index (κ2) is 9.11. The van der Waals surface area contributed by atoms with Crippen LogP contribution in [0.3, 0.4) is 0 Å². The van der Waals surface area contributed by atoms with E-state index in [1.807, 2.05) is 4.90 Å². The number of anilines is 2. The highest BCUT2D eigenvalue weighted by Crippen LogP contribution is 2.33. The fraction of sp³-hybridized carbons (Fsp3) is 0.227. The number of thioether (sulfide) groups is 1. The van der Waals surface area contributed by atoms with E-state index in [-0.39, 0.29) is 10.7 Å². The lowest BCUT2D eigenvalue weighted by atomic mass is 10.1. The lowest BCUT2D eigenvalue weighted by Crippen LogP contribution is -2.36. The van der Waals surface area contributed by atoms with Crippen molar-refractivity contribution in [1.29, 1.82) is 0 Å². The SMILES string of the molecule is O=C(CN1C(=O)S/C(=C\c2ccc(N3CCCC3)c(F)c2)C1=O)Nc1cccc(Cl)c1. The Balaban J connectivity index is 1.44. The van der Waals surface area contributed by atoms with Gasteiger partial charge in [-0.3, -0.25) is 19.3 Å². The molecule has 2 aliphatic heterocycles. The summed E-state index contributed by atoms with van der Waals surface area (Å²) in [5.74, 6) is -1.47. The number of nitrogens with zero attached hydrogens (tertiary/aromatic N) is 2. The topological polar surface area (TPSA) is 69.7 Å². The molecule has 0 radical (unpaired) electrons. The Bertz CT molecular complexity index is 1090. The van der Waals surface area contributed by atoms with Gasteiger partial charge in [0.05, 0.1) is 10.6 Å². The lowest BCUT2D eigenvalue weighted by Gasteiger charge is -2.18. The lowest BCUT2D eigenvalue weighted by molar-refractivity contribution is -0.127. The molecule has 2 aromatic carbocycles. The molecule has 0 spiro atoms. The van der Waals surface area contributed by atoms with Crippen LogP contribution < -0.4 is 10.2 Å². The molecule has 2 saturated heterocycles. The van der Waals surface area contributed by atoms with Gasteiger partial charge >= 0.3 is 0 Å². The number of carbonyl (C=O) groups excluding carboxylic acids is 3. The van der Waals surface area contributed by atoms with E-state index in [0.29, 0.717) is 22.0 Å². The van der Waals surface area contributed by atoms with Gasteiger partial charge < -0.3 is 10.2 Å². The Morgan fingerprint density at radius 3 is 2.65 bits per heavy atom. The van der Waals surface area contributed by atoms with Crippen LogP contribution in [-0.2, 0) is 9.59 Å². The summed E-state index contributed by atoms with van der Waals surface area (Å²) < 4.78 is 14.5. The Hall–Kier alpha value is -2.84. The number of amides is 3. The van der Waals surface area contributed by atoms with E-state index >= 15 is 0 Å². The van der Waals surface area contributed by atoms with Crippen LogP contribution in [0.2, 0.25) is 5.02 Å². The van der Waals surface area contributed by atoms with Crippen molar-refractivity contribution >= 4 is 57.9 Å². The Morgan fingerprint density at radius 2 is 1.94 bits per heavy atom. The van der Waals surface area contributed by atoms with E-state index in [0.717, 1.165) is 42.6 Å². The third kappa shape index (κ3) is 4.91. The van der Waals surface area contributed by atoms with E-state index in [1.165, 1.54) is 12.1 Å². The normalized spacial score (nSPS) is 17.7. The molecule has 0 aliphatic carbocycles. The minimum Gasteiger partial charge on any atom is -0.369 e. The second-order valence-electron chi connectivity index (χ2n) is 7.23. The van der Waals surface area contributed by atoms with Gasteiger partial charge in [-0.05, 0) is 66.6 Å². The monoisotopic (exact) mass is 459 g/mol. The van der Waals surface area contributed by atoms with Crippen LogP contribution in [0.4, 0.5) is 20.6 Å². The van der Waals surface area contributed by atoms with Crippen molar-refractivity contribution < 1.29 is 18.8 Å². The molecule has 160 valence electrons. The maximum atomic E-state index is 14.5. The summed E-state index contributed by atoms with van der Waals surface area (Å²) in [6.45, 7) is 1.23. The summed E-state index contributed by atoms with van der Waals surface area (Å²) in [6.07, 6.45) is 3.55. The van der Waals surface area contributed by atoms with Crippen molar-refractivity contribution in [3.63, 3.8) is 0 Å². The maximum absolute atomic E-state index is 14.5. The Kier molecular flexibility index (Phi) is 6.29. The first-order valence-corrected chi connectivity index (χ1v) is 11.0. The second-order valence-corrected chi connectivity index (χ2v) is 8.66. The molecule has 2 heterocycles. The van der Waals surface area contributed by atoms with Crippen LogP contribution in [0.1, 0.15) is 18.4 Å². The zero-order valence-corrected chi connectivity index (χ0v) is 18.0. The Morgan fingerprint density at radius 1 is 1.16 bits per heavy atom. The number of nitrogens with one attached hydrogen (secondary N) is 1. The number of benzene rings is 2. The van der Waals surface area contributed by atoms with E-state index in [2.05, 4.69) is 5.32 Å². The zero-order chi connectivity index (χ0) is 22.0. The highest BCUT2D eigenvalue weighted by molar-refractivity contribution is 8.18. The van der Waals surface area contributed by atoms with Crippen LogP contribution >= 0.6 is 23.4 Å². The van der Waals surface area contributed by atoms with Gasteiger partial charge in [0.2, 0.25) is 5.91 Å². The predicted octanol–water partition coefficient (Wildman–Crippen LogP) is 4.75. The van der Waals surface area contributed by atoms with Gasteiger partial charge in [-0.1, -0.05) is 23.7 Å². The number of carbonyl (C=O) groups is 3. The molecule has 0 atom stereocenters. The minimum atomic E-state index is -0.583. The van der Waals surface area contributed by atoms with E-state index in [9.17, 15) is 18.8 Å². The average molecular weight is 460 g/mol. The molecule has 2 aromatic rings. The van der Waals surface area contributed by atoms with Crippen molar-refractivity contribution in [2.24, 2.45) is 0 Å². The van der Waals surface area contributed by atoms with Gasteiger partial charge in [-0.2, -0.15) is 0 Å².